The van der Waals surface area contributed by atoms with Crippen molar-refractivity contribution in [2.75, 3.05) is 0 Å². The molecule has 0 heterocycles. The maximum Gasteiger partial charge on any atom is 0.182 e. The zero-order chi connectivity index (χ0) is 22.6. The number of ketones is 1. The molecule has 0 aliphatic heterocycles. The summed E-state index contributed by atoms with van der Waals surface area (Å²) >= 11 is 0. The van der Waals surface area contributed by atoms with Gasteiger partial charge in [0.05, 0.1) is 36.3 Å². The lowest BCUT2D eigenvalue weighted by molar-refractivity contribution is -0.135. The fraction of sp³-hybridized carbons (Fsp3) is 0.720. The van der Waals surface area contributed by atoms with Crippen LogP contribution in [0.4, 0.5) is 0 Å². The van der Waals surface area contributed by atoms with Crippen molar-refractivity contribution in [2.24, 2.45) is 45.8 Å². The lowest BCUT2D eigenvalue weighted by Crippen LogP contribution is -2.50. The highest BCUT2D eigenvalue weighted by Crippen LogP contribution is 2.66. The van der Waals surface area contributed by atoms with Crippen molar-refractivity contribution >= 4 is 5.78 Å². The molecule has 0 spiro atoms. The molecule has 4 aliphatic rings. The number of rotatable bonds is 2. The largest absolute Gasteiger partial charge is 0.393 e. The molecule has 6 heteroatoms. The van der Waals surface area contributed by atoms with E-state index in [0.717, 1.165) is 32.1 Å². The minimum atomic E-state index is -1.93. The lowest BCUT2D eigenvalue weighted by Gasteiger charge is -2.56. The first-order valence-corrected chi connectivity index (χ1v) is 11.3. The first kappa shape index (κ1) is 21.6. The Morgan fingerprint density at radius 3 is 2.32 bits per heavy atom. The second kappa shape index (κ2) is 7.19. The van der Waals surface area contributed by atoms with Crippen LogP contribution in [0.5, 0.6) is 0 Å². The Morgan fingerprint density at radius 1 is 1.06 bits per heavy atom. The Balaban J connectivity index is 1.73. The molecule has 3 fully saturated rings. The standard InChI is InChI=1S/C25H28N4O2/c1-23-7-5-17(30)9-15(23)3-4-18-19(23)6-8-24(2)20(18)10-21(22(24)31)25(13-28,14-29)16(11-26)12-27/h3,16-21,30H,4-10H2,1-2H3/t17-,18+,19-,20-,21?,23-,24-/m0/s1. The summed E-state index contributed by atoms with van der Waals surface area (Å²) in [7, 11) is 0. The van der Waals surface area contributed by atoms with Crippen LogP contribution < -0.4 is 0 Å². The number of hydrogen-bond acceptors (Lipinski definition) is 6. The molecule has 0 aromatic carbocycles. The lowest BCUT2D eigenvalue weighted by atomic mass is 9.48. The molecule has 1 unspecified atom stereocenters. The normalized spacial score (nSPS) is 41.5. The minimum Gasteiger partial charge on any atom is -0.393 e. The number of allylic oxidation sites excluding steroid dienone is 1. The van der Waals surface area contributed by atoms with E-state index in [2.05, 4.69) is 13.0 Å². The maximum atomic E-state index is 13.7. The molecule has 7 atom stereocenters. The Bertz CT molecular complexity index is 977. The molecule has 160 valence electrons. The van der Waals surface area contributed by atoms with Gasteiger partial charge in [0, 0.05) is 5.41 Å². The first-order chi connectivity index (χ1) is 14.7. The van der Waals surface area contributed by atoms with E-state index < -0.39 is 22.7 Å². The topological polar surface area (TPSA) is 132 Å². The summed E-state index contributed by atoms with van der Waals surface area (Å²) in [6.07, 6.45) is 7.29. The molecular weight excluding hydrogens is 388 g/mol. The van der Waals surface area contributed by atoms with Crippen molar-refractivity contribution in [3.05, 3.63) is 11.6 Å². The van der Waals surface area contributed by atoms with Gasteiger partial charge in [0.1, 0.15) is 5.78 Å². The average Bonchev–Trinajstić information content (AvgIpc) is 3.04. The second-order valence-electron chi connectivity index (χ2n) is 10.5. The highest BCUT2D eigenvalue weighted by molar-refractivity contribution is 5.91. The number of hydrogen-bond donors (Lipinski definition) is 1. The zero-order valence-electron chi connectivity index (χ0n) is 18.1. The van der Waals surface area contributed by atoms with Gasteiger partial charge in [0.15, 0.2) is 11.3 Å². The molecular formula is C25H28N4O2. The van der Waals surface area contributed by atoms with Crippen LogP contribution in [-0.4, -0.2) is 17.0 Å². The van der Waals surface area contributed by atoms with Crippen molar-refractivity contribution in [3.8, 4) is 24.3 Å². The van der Waals surface area contributed by atoms with Crippen LogP contribution >= 0.6 is 0 Å². The summed E-state index contributed by atoms with van der Waals surface area (Å²) in [4.78, 5) is 13.7. The average molecular weight is 417 g/mol. The maximum absolute atomic E-state index is 13.7. The fourth-order valence-corrected chi connectivity index (χ4v) is 7.60. The monoisotopic (exact) mass is 416 g/mol. The van der Waals surface area contributed by atoms with Gasteiger partial charge in [-0.2, -0.15) is 21.0 Å². The van der Waals surface area contributed by atoms with Crippen LogP contribution in [0.1, 0.15) is 58.8 Å². The molecule has 4 rings (SSSR count). The summed E-state index contributed by atoms with van der Waals surface area (Å²) in [5, 5.41) is 48.9. The van der Waals surface area contributed by atoms with Gasteiger partial charge in [-0.15, -0.1) is 0 Å². The highest BCUT2D eigenvalue weighted by atomic mass is 16.3. The van der Waals surface area contributed by atoms with Gasteiger partial charge in [-0.05, 0) is 68.1 Å². The Kier molecular flexibility index (Phi) is 5.00. The zero-order valence-corrected chi connectivity index (χ0v) is 18.1. The Hall–Kier alpha value is -2.67. The number of carbonyl (C=O) groups excluding carboxylic acids is 1. The predicted octanol–water partition coefficient (Wildman–Crippen LogP) is 3.80. The van der Waals surface area contributed by atoms with E-state index in [1.165, 1.54) is 5.57 Å². The molecule has 0 saturated heterocycles. The third-order valence-corrected chi connectivity index (χ3v) is 9.47. The second-order valence-corrected chi connectivity index (χ2v) is 10.5. The number of Topliss-reactive ketones (excluding diaryl/α,β-unsaturated/α-hetero) is 1. The third kappa shape index (κ3) is 2.72. The fourth-order valence-electron chi connectivity index (χ4n) is 7.60. The van der Waals surface area contributed by atoms with Crippen LogP contribution in [0, 0.1) is 91.2 Å². The van der Waals surface area contributed by atoms with Gasteiger partial charge in [-0.25, -0.2) is 0 Å². The molecule has 6 nitrogen and oxygen atoms in total. The van der Waals surface area contributed by atoms with Crippen LogP contribution in [0.25, 0.3) is 0 Å². The van der Waals surface area contributed by atoms with E-state index in [9.17, 15) is 30.9 Å². The highest BCUT2D eigenvalue weighted by Gasteiger charge is 2.66. The van der Waals surface area contributed by atoms with Gasteiger partial charge < -0.3 is 5.11 Å². The number of carbonyl (C=O) groups is 1. The summed E-state index contributed by atoms with van der Waals surface area (Å²) in [5.41, 5.74) is -1.19. The number of nitrogens with zero attached hydrogens (tertiary/aromatic N) is 4. The molecule has 0 amide bonds. The summed E-state index contributed by atoms with van der Waals surface area (Å²) in [6.45, 7) is 4.27. The Labute approximate surface area is 183 Å². The van der Waals surface area contributed by atoms with Crippen LogP contribution in [0.15, 0.2) is 11.6 Å². The van der Waals surface area contributed by atoms with Crippen molar-refractivity contribution in [3.63, 3.8) is 0 Å². The van der Waals surface area contributed by atoms with E-state index in [-0.39, 0.29) is 29.1 Å². The Morgan fingerprint density at radius 2 is 1.71 bits per heavy atom. The van der Waals surface area contributed by atoms with Crippen molar-refractivity contribution < 1.29 is 9.90 Å². The molecule has 31 heavy (non-hydrogen) atoms. The number of nitriles is 4. The van der Waals surface area contributed by atoms with Gasteiger partial charge in [0.2, 0.25) is 0 Å². The number of aliphatic hydroxyl groups excluding tert-OH is 1. The molecule has 0 aromatic rings. The van der Waals surface area contributed by atoms with Crippen molar-refractivity contribution in [1.29, 1.82) is 21.0 Å². The van der Waals surface area contributed by atoms with Crippen LogP contribution in [-0.2, 0) is 4.79 Å². The van der Waals surface area contributed by atoms with Gasteiger partial charge in [0.25, 0.3) is 0 Å². The van der Waals surface area contributed by atoms with E-state index in [1.807, 2.05) is 19.1 Å². The molecule has 1 N–H and O–H groups in total. The first-order valence-electron chi connectivity index (χ1n) is 11.3. The van der Waals surface area contributed by atoms with E-state index in [4.69, 9.17) is 0 Å². The molecule has 0 aromatic heterocycles. The van der Waals surface area contributed by atoms with Gasteiger partial charge in [-0.1, -0.05) is 25.5 Å². The summed E-state index contributed by atoms with van der Waals surface area (Å²) in [5.74, 6) is -1.77. The summed E-state index contributed by atoms with van der Waals surface area (Å²) in [6, 6.07) is 7.45. The number of fused-ring (bicyclic) bond motifs is 5. The van der Waals surface area contributed by atoms with Gasteiger partial charge >= 0.3 is 0 Å². The molecule has 0 radical (unpaired) electrons. The predicted molar refractivity (Wildman–Crippen MR) is 110 cm³/mol. The number of aliphatic hydroxyl groups is 1. The quantitative estimate of drug-likeness (QED) is 0.681. The van der Waals surface area contributed by atoms with Crippen molar-refractivity contribution in [1.82, 2.24) is 0 Å². The van der Waals surface area contributed by atoms with E-state index in [0.29, 0.717) is 18.8 Å². The molecule has 4 aliphatic carbocycles. The van der Waals surface area contributed by atoms with Crippen molar-refractivity contribution in [2.45, 2.75) is 64.9 Å². The summed E-state index contributed by atoms with van der Waals surface area (Å²) < 4.78 is 0. The van der Waals surface area contributed by atoms with E-state index >= 15 is 0 Å². The van der Waals surface area contributed by atoms with Crippen LogP contribution in [0.3, 0.4) is 0 Å². The third-order valence-electron chi connectivity index (χ3n) is 9.47. The molecule has 3 saturated carbocycles. The molecule has 0 bridgehead atoms. The van der Waals surface area contributed by atoms with Crippen LogP contribution in [0.2, 0.25) is 0 Å². The minimum absolute atomic E-state index is 0.0218. The SMILES string of the molecule is C[C@]12CC[C@H](O)CC1=CC[C@@H]1[C@@H]2CC[C@]2(C)C(=O)C(C(C#N)(C#N)C(C#N)C#N)C[C@@H]12. The van der Waals surface area contributed by atoms with Gasteiger partial charge in [-0.3, -0.25) is 4.79 Å². The van der Waals surface area contributed by atoms with E-state index in [1.54, 1.807) is 12.1 Å². The smallest absolute Gasteiger partial charge is 0.182 e.